The monoisotopic (exact) mass is 222 g/mol. The number of nitrogens with two attached hydrogens (primary N) is 1. The van der Waals surface area contributed by atoms with Crippen LogP contribution in [0.25, 0.3) is 0 Å². The second-order valence-corrected chi connectivity index (χ2v) is 5.24. The van der Waals surface area contributed by atoms with Crippen LogP contribution in [-0.4, -0.2) is 11.0 Å². The van der Waals surface area contributed by atoms with Gasteiger partial charge >= 0.3 is 0 Å². The first-order chi connectivity index (χ1) is 7.25. The molecule has 0 spiro atoms. The fourth-order valence-electron chi connectivity index (χ4n) is 3.41. The number of hydrogen-bond acceptors (Lipinski definition) is 2. The lowest BCUT2D eigenvalue weighted by molar-refractivity contribution is 0.365. The van der Waals surface area contributed by atoms with Crippen molar-refractivity contribution in [2.75, 3.05) is 0 Å². The van der Waals surface area contributed by atoms with E-state index in [1.165, 1.54) is 24.8 Å². The second kappa shape index (κ2) is 3.46. The van der Waals surface area contributed by atoms with Crippen molar-refractivity contribution < 1.29 is 0 Å². The van der Waals surface area contributed by atoms with E-state index >= 15 is 0 Å². The molecule has 0 radical (unpaired) electrons. The maximum absolute atomic E-state index is 6.27. The normalized spacial score (nSPS) is 38.5. The molecule has 80 valence electrons. The topological polar surface area (TPSA) is 38.9 Å². The number of aromatic nitrogens is 1. The first-order valence-electron chi connectivity index (χ1n) is 5.63. The number of hydrogen-bond donors (Lipinski definition) is 1. The van der Waals surface area contributed by atoms with Gasteiger partial charge in [-0.3, -0.25) is 0 Å². The predicted molar refractivity (Wildman–Crippen MR) is 60.8 cm³/mol. The second-order valence-electron chi connectivity index (χ2n) is 4.85. The number of rotatable bonds is 1. The van der Waals surface area contributed by atoms with Gasteiger partial charge in [0.2, 0.25) is 0 Å². The molecule has 3 rings (SSSR count). The molecule has 1 heterocycles. The lowest BCUT2D eigenvalue weighted by Gasteiger charge is -2.28. The van der Waals surface area contributed by atoms with E-state index in [9.17, 15) is 0 Å². The summed E-state index contributed by atoms with van der Waals surface area (Å²) < 4.78 is 0. The summed E-state index contributed by atoms with van der Waals surface area (Å²) >= 11 is 5.79. The zero-order valence-electron chi connectivity index (χ0n) is 8.57. The Bertz CT molecular complexity index is 360. The van der Waals surface area contributed by atoms with Crippen LogP contribution < -0.4 is 5.73 Å². The van der Waals surface area contributed by atoms with Gasteiger partial charge in [-0.2, -0.15) is 0 Å². The maximum Gasteiger partial charge on any atom is 0.129 e. The molecule has 2 aliphatic carbocycles. The van der Waals surface area contributed by atoms with Crippen molar-refractivity contribution >= 4 is 11.6 Å². The molecular weight excluding hydrogens is 208 g/mol. The zero-order chi connectivity index (χ0) is 10.4. The van der Waals surface area contributed by atoms with Gasteiger partial charge in [0.15, 0.2) is 0 Å². The van der Waals surface area contributed by atoms with Gasteiger partial charge in [-0.15, -0.1) is 0 Å². The Hall–Kier alpha value is -0.600. The molecule has 0 saturated heterocycles. The third-order valence-corrected chi connectivity index (χ3v) is 4.34. The summed E-state index contributed by atoms with van der Waals surface area (Å²) in [5.74, 6) is 2.05. The van der Waals surface area contributed by atoms with E-state index in [1.807, 2.05) is 12.3 Å². The van der Waals surface area contributed by atoms with E-state index in [1.54, 1.807) is 0 Å². The molecular formula is C12H15ClN2. The Kier molecular flexibility index (Phi) is 2.22. The standard InChI is InChI=1S/C12H15ClN2/c13-10-4-3-9(6-15-10)11-7-1-2-8(5-7)12(11)14/h3-4,6-8,11-12H,1-2,5,14H2/t7-,8+,11+,12-/m1/s1. The molecule has 2 aliphatic rings. The van der Waals surface area contributed by atoms with E-state index in [0.717, 1.165) is 11.8 Å². The Morgan fingerprint density at radius 2 is 2.07 bits per heavy atom. The summed E-state index contributed by atoms with van der Waals surface area (Å²) in [5.41, 5.74) is 7.55. The van der Waals surface area contributed by atoms with Gasteiger partial charge in [0.1, 0.15) is 5.15 Å². The zero-order valence-corrected chi connectivity index (χ0v) is 9.32. The number of halogens is 1. The molecule has 4 atom stereocenters. The van der Waals surface area contributed by atoms with Crippen LogP contribution in [0.1, 0.15) is 30.7 Å². The van der Waals surface area contributed by atoms with Gasteiger partial charge in [0.05, 0.1) is 0 Å². The average Bonchev–Trinajstić information content (AvgIpc) is 2.80. The van der Waals surface area contributed by atoms with Gasteiger partial charge in [-0.1, -0.05) is 17.7 Å². The summed E-state index contributed by atoms with van der Waals surface area (Å²) in [5, 5.41) is 0.565. The molecule has 2 N–H and O–H groups in total. The van der Waals surface area contributed by atoms with Crippen molar-refractivity contribution in [2.45, 2.75) is 31.2 Å². The molecule has 0 amide bonds. The molecule has 15 heavy (non-hydrogen) atoms. The van der Waals surface area contributed by atoms with Gasteiger partial charge in [0, 0.05) is 18.2 Å². The van der Waals surface area contributed by atoms with E-state index in [4.69, 9.17) is 17.3 Å². The maximum atomic E-state index is 6.27. The fourth-order valence-corrected chi connectivity index (χ4v) is 3.53. The van der Waals surface area contributed by atoms with Crippen LogP contribution in [0, 0.1) is 11.8 Å². The number of fused-ring (bicyclic) bond motifs is 2. The third-order valence-electron chi connectivity index (χ3n) is 4.12. The van der Waals surface area contributed by atoms with Crippen LogP contribution >= 0.6 is 11.6 Å². The largest absolute Gasteiger partial charge is 0.327 e. The summed E-state index contributed by atoms with van der Waals surface area (Å²) in [6, 6.07) is 4.29. The quantitative estimate of drug-likeness (QED) is 0.742. The van der Waals surface area contributed by atoms with E-state index in [-0.39, 0.29) is 0 Å². The van der Waals surface area contributed by atoms with E-state index < -0.39 is 0 Å². The van der Waals surface area contributed by atoms with Crippen LogP contribution in [0.4, 0.5) is 0 Å². The van der Waals surface area contributed by atoms with Crippen molar-refractivity contribution in [1.29, 1.82) is 0 Å². The first-order valence-corrected chi connectivity index (χ1v) is 6.00. The summed E-state index contributed by atoms with van der Waals surface area (Å²) in [4.78, 5) is 4.15. The number of nitrogens with zero attached hydrogens (tertiary/aromatic N) is 1. The fraction of sp³-hybridized carbons (Fsp3) is 0.583. The van der Waals surface area contributed by atoms with Gasteiger partial charge in [-0.05, 0) is 42.7 Å². The third kappa shape index (κ3) is 1.47. The molecule has 0 aliphatic heterocycles. The van der Waals surface area contributed by atoms with Crippen LogP contribution in [0.2, 0.25) is 5.15 Å². The van der Waals surface area contributed by atoms with Crippen LogP contribution in [0.3, 0.4) is 0 Å². The minimum atomic E-state index is 0.340. The molecule has 2 bridgehead atoms. The summed E-state index contributed by atoms with van der Waals surface area (Å²) in [6.07, 6.45) is 5.87. The van der Waals surface area contributed by atoms with Crippen molar-refractivity contribution in [3.8, 4) is 0 Å². The Morgan fingerprint density at radius 1 is 1.27 bits per heavy atom. The van der Waals surface area contributed by atoms with Gasteiger partial charge in [-0.25, -0.2) is 4.98 Å². The Labute approximate surface area is 94.8 Å². The SMILES string of the molecule is N[C@@H]1[C@H]2CC[C@H](C2)[C@H]1c1ccc(Cl)nc1. The molecule has 1 aromatic heterocycles. The summed E-state index contributed by atoms with van der Waals surface area (Å²) in [6.45, 7) is 0. The highest BCUT2D eigenvalue weighted by Gasteiger charge is 2.46. The predicted octanol–water partition coefficient (Wildman–Crippen LogP) is 2.58. The molecule has 3 heteroatoms. The lowest BCUT2D eigenvalue weighted by Crippen LogP contribution is -2.34. The molecule has 2 saturated carbocycles. The average molecular weight is 223 g/mol. The minimum Gasteiger partial charge on any atom is -0.327 e. The Balaban J connectivity index is 1.91. The summed E-state index contributed by atoms with van der Waals surface area (Å²) in [7, 11) is 0. The Morgan fingerprint density at radius 3 is 2.67 bits per heavy atom. The van der Waals surface area contributed by atoms with Gasteiger partial charge < -0.3 is 5.73 Å². The molecule has 2 fully saturated rings. The highest BCUT2D eigenvalue weighted by molar-refractivity contribution is 6.29. The van der Waals surface area contributed by atoms with Crippen LogP contribution in [0.5, 0.6) is 0 Å². The molecule has 2 nitrogen and oxygen atoms in total. The highest BCUT2D eigenvalue weighted by Crippen LogP contribution is 2.51. The van der Waals surface area contributed by atoms with Crippen LogP contribution in [0.15, 0.2) is 18.3 Å². The van der Waals surface area contributed by atoms with Crippen molar-refractivity contribution in [3.05, 3.63) is 29.0 Å². The van der Waals surface area contributed by atoms with Crippen molar-refractivity contribution in [2.24, 2.45) is 17.6 Å². The van der Waals surface area contributed by atoms with Crippen molar-refractivity contribution in [3.63, 3.8) is 0 Å². The highest BCUT2D eigenvalue weighted by atomic mass is 35.5. The molecule has 0 aromatic carbocycles. The lowest BCUT2D eigenvalue weighted by atomic mass is 9.81. The molecule has 1 aromatic rings. The van der Waals surface area contributed by atoms with Crippen LogP contribution in [-0.2, 0) is 0 Å². The number of pyridine rings is 1. The first kappa shape index (κ1) is 9.61. The van der Waals surface area contributed by atoms with Gasteiger partial charge in [0.25, 0.3) is 0 Å². The molecule has 0 unspecified atom stereocenters. The smallest absolute Gasteiger partial charge is 0.129 e. The minimum absolute atomic E-state index is 0.340. The van der Waals surface area contributed by atoms with Crippen molar-refractivity contribution in [1.82, 2.24) is 4.98 Å². The van der Waals surface area contributed by atoms with E-state index in [0.29, 0.717) is 17.1 Å². The van der Waals surface area contributed by atoms with E-state index in [2.05, 4.69) is 11.1 Å².